The minimum Gasteiger partial charge on any atom is -0.339 e. The van der Waals surface area contributed by atoms with Gasteiger partial charge in [0.15, 0.2) is 0 Å². The predicted molar refractivity (Wildman–Crippen MR) is 77.1 cm³/mol. The van der Waals surface area contributed by atoms with E-state index in [1.807, 2.05) is 30.0 Å². The Hall–Kier alpha value is -2.04. The fourth-order valence-electron chi connectivity index (χ4n) is 2.94. The highest BCUT2D eigenvalue weighted by molar-refractivity contribution is 6.00. The summed E-state index contributed by atoms with van der Waals surface area (Å²) < 4.78 is 0. The lowest BCUT2D eigenvalue weighted by molar-refractivity contribution is 0.0792. The van der Waals surface area contributed by atoms with Crippen molar-refractivity contribution >= 4 is 17.6 Å². The molecule has 0 atom stereocenters. The smallest absolute Gasteiger partial charge is 0.322 e. The number of carbonyl (C=O) groups is 2. The standard InChI is InChI=1S/C15H19N3O2/c1-11-12(14(19)17-8-2-3-9-17)5-4-6-13(11)18-10-7-16-15(18)20/h4-6H,2-3,7-10H2,1H3,(H,16,20). The molecule has 0 spiro atoms. The Kier molecular flexibility index (Phi) is 3.34. The second-order valence-electron chi connectivity index (χ2n) is 5.33. The van der Waals surface area contributed by atoms with Crippen LogP contribution in [0.2, 0.25) is 0 Å². The fourth-order valence-corrected chi connectivity index (χ4v) is 2.94. The van der Waals surface area contributed by atoms with Crippen molar-refractivity contribution in [1.29, 1.82) is 0 Å². The van der Waals surface area contributed by atoms with Crippen LogP contribution in [0.4, 0.5) is 10.5 Å². The van der Waals surface area contributed by atoms with E-state index in [9.17, 15) is 9.59 Å². The average Bonchev–Trinajstić information content (AvgIpc) is 3.10. The molecule has 1 N–H and O–H groups in total. The quantitative estimate of drug-likeness (QED) is 0.892. The Morgan fingerprint density at radius 3 is 2.60 bits per heavy atom. The van der Waals surface area contributed by atoms with Crippen LogP contribution in [-0.4, -0.2) is 43.0 Å². The summed E-state index contributed by atoms with van der Waals surface area (Å²) in [6.07, 6.45) is 2.16. The van der Waals surface area contributed by atoms with Crippen LogP contribution in [0.1, 0.15) is 28.8 Å². The first-order chi connectivity index (χ1) is 9.68. The van der Waals surface area contributed by atoms with Gasteiger partial charge in [0.05, 0.1) is 0 Å². The van der Waals surface area contributed by atoms with E-state index >= 15 is 0 Å². The molecule has 0 bridgehead atoms. The molecule has 0 radical (unpaired) electrons. The zero-order valence-corrected chi connectivity index (χ0v) is 11.7. The first-order valence-corrected chi connectivity index (χ1v) is 7.13. The third kappa shape index (κ3) is 2.13. The van der Waals surface area contributed by atoms with E-state index in [0.29, 0.717) is 18.7 Å². The first-order valence-electron chi connectivity index (χ1n) is 7.13. The van der Waals surface area contributed by atoms with Crippen LogP contribution in [0.15, 0.2) is 18.2 Å². The molecule has 3 amide bonds. The van der Waals surface area contributed by atoms with Crippen molar-refractivity contribution in [2.75, 3.05) is 31.1 Å². The van der Waals surface area contributed by atoms with Gasteiger partial charge in [-0.1, -0.05) is 6.07 Å². The highest BCUT2D eigenvalue weighted by Crippen LogP contribution is 2.26. The molecule has 2 heterocycles. The molecule has 0 saturated carbocycles. The van der Waals surface area contributed by atoms with Gasteiger partial charge in [0.2, 0.25) is 0 Å². The van der Waals surface area contributed by atoms with Crippen molar-refractivity contribution in [3.63, 3.8) is 0 Å². The van der Waals surface area contributed by atoms with Gasteiger partial charge >= 0.3 is 6.03 Å². The summed E-state index contributed by atoms with van der Waals surface area (Å²) in [5, 5.41) is 2.79. The number of nitrogens with one attached hydrogen (secondary N) is 1. The monoisotopic (exact) mass is 273 g/mol. The van der Waals surface area contributed by atoms with Gasteiger partial charge in [0.25, 0.3) is 5.91 Å². The molecule has 0 aromatic heterocycles. The number of likely N-dealkylation sites (tertiary alicyclic amines) is 1. The summed E-state index contributed by atoms with van der Waals surface area (Å²) in [6.45, 7) is 4.91. The molecule has 2 saturated heterocycles. The van der Waals surface area contributed by atoms with Crippen LogP contribution in [0.5, 0.6) is 0 Å². The number of hydrogen-bond acceptors (Lipinski definition) is 2. The zero-order chi connectivity index (χ0) is 14.1. The van der Waals surface area contributed by atoms with E-state index in [4.69, 9.17) is 0 Å². The minimum atomic E-state index is -0.0844. The van der Waals surface area contributed by atoms with E-state index < -0.39 is 0 Å². The molecule has 5 heteroatoms. The third-order valence-electron chi connectivity index (χ3n) is 4.08. The normalized spacial score (nSPS) is 18.6. The van der Waals surface area contributed by atoms with E-state index in [-0.39, 0.29) is 11.9 Å². The van der Waals surface area contributed by atoms with Gasteiger partial charge in [-0.2, -0.15) is 0 Å². The van der Waals surface area contributed by atoms with Gasteiger partial charge in [0.1, 0.15) is 0 Å². The number of nitrogens with zero attached hydrogens (tertiary/aromatic N) is 2. The number of anilines is 1. The maximum absolute atomic E-state index is 12.5. The summed E-state index contributed by atoms with van der Waals surface area (Å²) in [5.41, 5.74) is 2.44. The maximum Gasteiger partial charge on any atom is 0.322 e. The summed E-state index contributed by atoms with van der Waals surface area (Å²) in [5.74, 6) is 0.0847. The molecule has 3 rings (SSSR count). The van der Waals surface area contributed by atoms with Gasteiger partial charge in [-0.25, -0.2) is 4.79 Å². The van der Waals surface area contributed by atoms with Crippen molar-refractivity contribution in [2.45, 2.75) is 19.8 Å². The van der Waals surface area contributed by atoms with Gasteiger partial charge in [-0.15, -0.1) is 0 Å². The number of urea groups is 1. The fraction of sp³-hybridized carbons (Fsp3) is 0.467. The Morgan fingerprint density at radius 2 is 1.95 bits per heavy atom. The number of benzene rings is 1. The van der Waals surface area contributed by atoms with Crippen LogP contribution >= 0.6 is 0 Å². The lowest BCUT2D eigenvalue weighted by Gasteiger charge is -2.21. The number of carbonyl (C=O) groups excluding carboxylic acids is 2. The van der Waals surface area contributed by atoms with E-state index in [0.717, 1.165) is 37.2 Å². The number of rotatable bonds is 2. The van der Waals surface area contributed by atoms with Gasteiger partial charge in [0, 0.05) is 37.4 Å². The lowest BCUT2D eigenvalue weighted by Crippen LogP contribution is -2.31. The largest absolute Gasteiger partial charge is 0.339 e. The topological polar surface area (TPSA) is 52.7 Å². The minimum absolute atomic E-state index is 0.0844. The van der Waals surface area contributed by atoms with Gasteiger partial charge < -0.3 is 10.2 Å². The average molecular weight is 273 g/mol. The Bertz CT molecular complexity index is 550. The highest BCUT2D eigenvalue weighted by Gasteiger charge is 2.26. The molecule has 2 aliphatic rings. The second-order valence-corrected chi connectivity index (χ2v) is 5.33. The number of amides is 3. The zero-order valence-electron chi connectivity index (χ0n) is 11.7. The van der Waals surface area contributed by atoms with E-state index in [1.165, 1.54) is 0 Å². The summed E-state index contributed by atoms with van der Waals surface area (Å²) in [6, 6.07) is 5.53. The van der Waals surface area contributed by atoms with Crippen molar-refractivity contribution in [1.82, 2.24) is 10.2 Å². The molecule has 2 aliphatic heterocycles. The molecule has 1 aromatic rings. The molecule has 20 heavy (non-hydrogen) atoms. The summed E-state index contributed by atoms with van der Waals surface area (Å²) in [7, 11) is 0. The van der Waals surface area contributed by atoms with E-state index in [2.05, 4.69) is 5.32 Å². The van der Waals surface area contributed by atoms with Crippen LogP contribution in [0.3, 0.4) is 0 Å². The van der Waals surface area contributed by atoms with Crippen molar-refractivity contribution in [3.8, 4) is 0 Å². The molecule has 1 aromatic carbocycles. The van der Waals surface area contributed by atoms with Gasteiger partial charge in [-0.05, 0) is 37.5 Å². The highest BCUT2D eigenvalue weighted by atomic mass is 16.2. The maximum atomic E-state index is 12.5. The first kappa shape index (κ1) is 13.0. The predicted octanol–water partition coefficient (Wildman–Crippen LogP) is 1.76. The van der Waals surface area contributed by atoms with Crippen molar-refractivity contribution in [3.05, 3.63) is 29.3 Å². The lowest BCUT2D eigenvalue weighted by atomic mass is 10.0. The van der Waals surface area contributed by atoms with Crippen LogP contribution < -0.4 is 10.2 Å². The van der Waals surface area contributed by atoms with Crippen LogP contribution in [0, 0.1) is 6.92 Å². The van der Waals surface area contributed by atoms with Gasteiger partial charge in [-0.3, -0.25) is 9.69 Å². The Morgan fingerprint density at radius 1 is 1.20 bits per heavy atom. The summed E-state index contributed by atoms with van der Waals surface area (Å²) >= 11 is 0. The summed E-state index contributed by atoms with van der Waals surface area (Å²) in [4.78, 5) is 27.9. The molecule has 106 valence electrons. The SMILES string of the molecule is Cc1c(C(=O)N2CCCC2)cccc1N1CCNC1=O. The number of hydrogen-bond donors (Lipinski definition) is 1. The third-order valence-corrected chi connectivity index (χ3v) is 4.08. The second kappa shape index (κ2) is 5.15. The molecular weight excluding hydrogens is 254 g/mol. The van der Waals surface area contributed by atoms with Crippen molar-refractivity contribution in [2.24, 2.45) is 0 Å². The molecule has 0 aliphatic carbocycles. The Balaban J connectivity index is 1.92. The molecule has 2 fully saturated rings. The van der Waals surface area contributed by atoms with E-state index in [1.54, 1.807) is 4.90 Å². The van der Waals surface area contributed by atoms with Crippen LogP contribution in [0.25, 0.3) is 0 Å². The van der Waals surface area contributed by atoms with Crippen LogP contribution in [-0.2, 0) is 0 Å². The molecule has 5 nitrogen and oxygen atoms in total. The Labute approximate surface area is 118 Å². The molecule has 0 unspecified atom stereocenters. The molecular formula is C15H19N3O2. The van der Waals surface area contributed by atoms with Crippen molar-refractivity contribution < 1.29 is 9.59 Å².